The molecule has 0 aliphatic carbocycles. The Morgan fingerprint density at radius 3 is 2.88 bits per heavy atom. The Kier molecular flexibility index (Phi) is 6.40. The minimum absolute atomic E-state index is 0.367. The van der Waals surface area contributed by atoms with Gasteiger partial charge in [0.05, 0.1) is 0 Å². The molecule has 0 aromatic carbocycles. The number of likely N-dealkylation sites (tertiary alicyclic amines) is 1. The van der Waals surface area contributed by atoms with Crippen LogP contribution in [0.1, 0.15) is 46.0 Å². The van der Waals surface area contributed by atoms with Crippen LogP contribution >= 0.6 is 15.9 Å². The van der Waals surface area contributed by atoms with Gasteiger partial charge in [-0.2, -0.15) is 0 Å². The van der Waals surface area contributed by atoms with Gasteiger partial charge >= 0.3 is 0 Å². The monoisotopic (exact) mass is 289 g/mol. The van der Waals surface area contributed by atoms with Crippen molar-refractivity contribution in [3.63, 3.8) is 0 Å². The summed E-state index contributed by atoms with van der Waals surface area (Å²) in [6, 6.07) is 0. The Morgan fingerprint density at radius 2 is 2.25 bits per heavy atom. The lowest BCUT2D eigenvalue weighted by Crippen LogP contribution is -2.34. The normalized spacial score (nSPS) is 24.3. The van der Waals surface area contributed by atoms with Gasteiger partial charge in [-0.15, -0.1) is 0 Å². The maximum Gasteiger partial charge on any atom is 0.222 e. The number of amides is 1. The van der Waals surface area contributed by atoms with Crippen LogP contribution in [0.25, 0.3) is 0 Å². The second-order valence-corrected chi connectivity index (χ2v) is 5.73. The molecule has 0 radical (unpaired) electrons. The number of nitrogens with zero attached hydrogens (tertiary/aromatic N) is 1. The van der Waals surface area contributed by atoms with E-state index in [9.17, 15) is 4.79 Å². The molecule has 0 aromatic heterocycles. The smallest absolute Gasteiger partial charge is 0.222 e. The van der Waals surface area contributed by atoms with E-state index in [1.165, 1.54) is 19.3 Å². The summed E-state index contributed by atoms with van der Waals surface area (Å²) in [5.41, 5.74) is 0. The molecule has 2 atom stereocenters. The Morgan fingerprint density at radius 1 is 1.50 bits per heavy atom. The first-order valence-electron chi connectivity index (χ1n) is 6.51. The summed E-state index contributed by atoms with van der Waals surface area (Å²) < 4.78 is 0. The fraction of sp³-hybridized carbons (Fsp3) is 0.923. The first-order chi connectivity index (χ1) is 7.67. The molecule has 0 bridgehead atoms. The highest BCUT2D eigenvalue weighted by Crippen LogP contribution is 2.23. The summed E-state index contributed by atoms with van der Waals surface area (Å²) in [5.74, 6) is 1.70. The molecule has 2 unspecified atom stereocenters. The van der Waals surface area contributed by atoms with Crippen molar-refractivity contribution in [3.8, 4) is 0 Å². The topological polar surface area (TPSA) is 20.3 Å². The third-order valence-corrected chi connectivity index (χ3v) is 4.52. The Bertz CT molecular complexity index is 220. The lowest BCUT2D eigenvalue weighted by Gasteiger charge is -2.23. The molecule has 0 aromatic rings. The van der Waals surface area contributed by atoms with Gasteiger partial charge in [0.25, 0.3) is 0 Å². The maximum atomic E-state index is 11.9. The van der Waals surface area contributed by atoms with Crippen molar-refractivity contribution >= 4 is 21.8 Å². The van der Waals surface area contributed by atoms with E-state index >= 15 is 0 Å². The first kappa shape index (κ1) is 14.0. The predicted molar refractivity (Wildman–Crippen MR) is 71.8 cm³/mol. The molecule has 0 saturated carbocycles. The SMILES string of the molecule is CCCC1CCC(=O)N(CC(C)CBr)CC1. The van der Waals surface area contributed by atoms with Crippen LogP contribution in [0, 0.1) is 11.8 Å². The molecule has 1 saturated heterocycles. The summed E-state index contributed by atoms with van der Waals surface area (Å²) in [6.45, 7) is 6.32. The van der Waals surface area contributed by atoms with Gasteiger partial charge in [0.1, 0.15) is 0 Å². The number of halogens is 1. The minimum atomic E-state index is 0.367. The average molecular weight is 290 g/mol. The maximum absolute atomic E-state index is 11.9. The van der Waals surface area contributed by atoms with Gasteiger partial charge in [-0.05, 0) is 24.7 Å². The van der Waals surface area contributed by atoms with Crippen molar-refractivity contribution in [2.45, 2.75) is 46.0 Å². The molecule has 0 spiro atoms. The van der Waals surface area contributed by atoms with Crippen LogP contribution in [0.4, 0.5) is 0 Å². The first-order valence-corrected chi connectivity index (χ1v) is 7.63. The summed E-state index contributed by atoms with van der Waals surface area (Å²) >= 11 is 3.48. The van der Waals surface area contributed by atoms with Crippen molar-refractivity contribution in [1.29, 1.82) is 0 Å². The second-order valence-electron chi connectivity index (χ2n) is 5.08. The van der Waals surface area contributed by atoms with Crippen molar-refractivity contribution in [2.75, 3.05) is 18.4 Å². The van der Waals surface area contributed by atoms with Crippen LogP contribution in [0.5, 0.6) is 0 Å². The summed E-state index contributed by atoms with van der Waals surface area (Å²) in [6.07, 6.45) is 5.60. The van der Waals surface area contributed by atoms with E-state index in [-0.39, 0.29) is 0 Å². The zero-order valence-corrected chi connectivity index (χ0v) is 12.1. The number of hydrogen-bond donors (Lipinski definition) is 0. The Hall–Kier alpha value is -0.0500. The molecule has 2 nitrogen and oxygen atoms in total. The van der Waals surface area contributed by atoms with Crippen molar-refractivity contribution in [1.82, 2.24) is 4.90 Å². The Balaban J connectivity index is 2.44. The van der Waals surface area contributed by atoms with Gasteiger partial charge in [0.15, 0.2) is 0 Å². The van der Waals surface area contributed by atoms with Crippen molar-refractivity contribution < 1.29 is 4.79 Å². The quantitative estimate of drug-likeness (QED) is 0.710. The molecular formula is C13H24BrNO. The number of hydrogen-bond acceptors (Lipinski definition) is 1. The molecule has 0 N–H and O–H groups in total. The number of carbonyl (C=O) groups is 1. The van der Waals surface area contributed by atoms with Crippen LogP contribution in [0.2, 0.25) is 0 Å². The van der Waals surface area contributed by atoms with E-state index in [0.717, 1.165) is 37.2 Å². The molecule has 94 valence electrons. The zero-order valence-electron chi connectivity index (χ0n) is 10.5. The third-order valence-electron chi connectivity index (χ3n) is 3.42. The predicted octanol–water partition coefficient (Wildman–Crippen LogP) is 3.45. The molecule has 1 amide bonds. The highest BCUT2D eigenvalue weighted by molar-refractivity contribution is 9.09. The van der Waals surface area contributed by atoms with E-state index < -0.39 is 0 Å². The van der Waals surface area contributed by atoms with E-state index in [2.05, 4.69) is 34.7 Å². The molecule has 3 heteroatoms. The standard InChI is InChI=1S/C13H24BrNO/c1-3-4-12-5-6-13(16)15(8-7-12)10-11(2)9-14/h11-12H,3-10H2,1-2H3. The average Bonchev–Trinajstić information content (AvgIpc) is 2.44. The second kappa shape index (κ2) is 7.31. The minimum Gasteiger partial charge on any atom is -0.342 e. The van der Waals surface area contributed by atoms with E-state index in [4.69, 9.17) is 0 Å². The van der Waals surface area contributed by atoms with E-state index in [1.807, 2.05) is 0 Å². The largest absolute Gasteiger partial charge is 0.342 e. The summed E-state index contributed by atoms with van der Waals surface area (Å²) in [4.78, 5) is 14.0. The van der Waals surface area contributed by atoms with Crippen LogP contribution in [-0.4, -0.2) is 29.2 Å². The van der Waals surface area contributed by atoms with Crippen LogP contribution in [-0.2, 0) is 4.79 Å². The third kappa shape index (κ3) is 4.44. The van der Waals surface area contributed by atoms with Crippen molar-refractivity contribution in [2.24, 2.45) is 11.8 Å². The van der Waals surface area contributed by atoms with Gasteiger partial charge in [0, 0.05) is 24.8 Å². The van der Waals surface area contributed by atoms with Gasteiger partial charge in [-0.3, -0.25) is 4.79 Å². The number of rotatable bonds is 5. The lowest BCUT2D eigenvalue weighted by molar-refractivity contribution is -0.131. The molecule has 1 rings (SSSR count). The van der Waals surface area contributed by atoms with Gasteiger partial charge in [-0.1, -0.05) is 42.6 Å². The molecular weight excluding hydrogens is 266 g/mol. The lowest BCUT2D eigenvalue weighted by atomic mass is 9.96. The molecule has 1 aliphatic rings. The fourth-order valence-corrected chi connectivity index (χ4v) is 2.61. The zero-order chi connectivity index (χ0) is 12.0. The Labute approximate surface area is 108 Å². The van der Waals surface area contributed by atoms with E-state index in [0.29, 0.717) is 11.8 Å². The highest BCUT2D eigenvalue weighted by Gasteiger charge is 2.22. The highest BCUT2D eigenvalue weighted by atomic mass is 79.9. The van der Waals surface area contributed by atoms with Crippen LogP contribution < -0.4 is 0 Å². The van der Waals surface area contributed by atoms with Crippen molar-refractivity contribution in [3.05, 3.63) is 0 Å². The molecule has 1 aliphatic heterocycles. The van der Waals surface area contributed by atoms with Gasteiger partial charge in [0.2, 0.25) is 5.91 Å². The van der Waals surface area contributed by atoms with Crippen LogP contribution in [0.15, 0.2) is 0 Å². The van der Waals surface area contributed by atoms with Gasteiger partial charge < -0.3 is 4.90 Å². The molecule has 16 heavy (non-hydrogen) atoms. The summed E-state index contributed by atoms with van der Waals surface area (Å²) in [5, 5.41) is 0.981. The van der Waals surface area contributed by atoms with Gasteiger partial charge in [-0.25, -0.2) is 0 Å². The van der Waals surface area contributed by atoms with E-state index in [1.54, 1.807) is 0 Å². The molecule has 1 fully saturated rings. The van der Waals surface area contributed by atoms with Crippen LogP contribution in [0.3, 0.4) is 0 Å². The number of alkyl halides is 1. The summed E-state index contributed by atoms with van der Waals surface area (Å²) in [7, 11) is 0. The number of carbonyl (C=O) groups excluding carboxylic acids is 1. The molecule has 1 heterocycles. The fourth-order valence-electron chi connectivity index (χ4n) is 2.41.